The van der Waals surface area contributed by atoms with E-state index in [-0.39, 0.29) is 5.97 Å². The molecular formula is C11H20O3. The molecule has 0 saturated carbocycles. The van der Waals surface area contributed by atoms with Crippen molar-refractivity contribution in [1.82, 2.24) is 0 Å². The van der Waals surface area contributed by atoms with Gasteiger partial charge in [-0.3, -0.25) is 4.79 Å². The van der Waals surface area contributed by atoms with Crippen LogP contribution >= 0.6 is 0 Å². The summed E-state index contributed by atoms with van der Waals surface area (Å²) < 4.78 is 4.90. The smallest absolute Gasteiger partial charge is 0.312 e. The van der Waals surface area contributed by atoms with E-state index in [1.54, 1.807) is 6.92 Å². The van der Waals surface area contributed by atoms with Crippen LogP contribution in [-0.4, -0.2) is 23.3 Å². The van der Waals surface area contributed by atoms with Gasteiger partial charge in [0.2, 0.25) is 0 Å². The molecule has 0 heterocycles. The van der Waals surface area contributed by atoms with Crippen molar-refractivity contribution in [2.24, 2.45) is 5.92 Å². The Morgan fingerprint density at radius 1 is 1.57 bits per heavy atom. The quantitative estimate of drug-likeness (QED) is 0.526. The van der Waals surface area contributed by atoms with Gasteiger partial charge in [0.25, 0.3) is 0 Å². The van der Waals surface area contributed by atoms with Crippen molar-refractivity contribution in [2.45, 2.75) is 39.2 Å². The minimum Gasteiger partial charge on any atom is -0.466 e. The molecule has 0 aliphatic rings. The summed E-state index contributed by atoms with van der Waals surface area (Å²) in [6.45, 7) is 9.33. The van der Waals surface area contributed by atoms with Gasteiger partial charge < -0.3 is 9.84 Å². The standard InChI is InChI=1S/C11H20O3/c1-5-9(10(12)14-8-4)11(13,6-2)7-3/h6,9,13H,2,5,7-8H2,1,3-4H3. The lowest BCUT2D eigenvalue weighted by atomic mass is 9.83. The van der Waals surface area contributed by atoms with Gasteiger partial charge in [-0.2, -0.15) is 0 Å². The third-order valence-electron chi connectivity index (χ3n) is 2.50. The van der Waals surface area contributed by atoms with Crippen molar-refractivity contribution >= 4 is 5.97 Å². The van der Waals surface area contributed by atoms with Crippen LogP contribution in [-0.2, 0) is 9.53 Å². The van der Waals surface area contributed by atoms with Crippen LogP contribution in [0.4, 0.5) is 0 Å². The van der Waals surface area contributed by atoms with Gasteiger partial charge in [0, 0.05) is 0 Å². The number of esters is 1. The summed E-state index contributed by atoms with van der Waals surface area (Å²) in [5.74, 6) is -0.857. The summed E-state index contributed by atoms with van der Waals surface area (Å²) in [7, 11) is 0. The molecule has 0 spiro atoms. The Labute approximate surface area is 85.8 Å². The van der Waals surface area contributed by atoms with E-state index in [0.29, 0.717) is 19.4 Å². The van der Waals surface area contributed by atoms with Crippen LogP contribution in [0.5, 0.6) is 0 Å². The van der Waals surface area contributed by atoms with Gasteiger partial charge in [0.15, 0.2) is 0 Å². The van der Waals surface area contributed by atoms with Gasteiger partial charge in [-0.25, -0.2) is 0 Å². The highest BCUT2D eigenvalue weighted by Gasteiger charge is 2.37. The molecule has 1 N–H and O–H groups in total. The Morgan fingerprint density at radius 3 is 2.43 bits per heavy atom. The third kappa shape index (κ3) is 2.84. The fourth-order valence-corrected chi connectivity index (χ4v) is 1.50. The summed E-state index contributed by atoms with van der Waals surface area (Å²) >= 11 is 0. The molecule has 2 unspecified atom stereocenters. The molecule has 3 heteroatoms. The Hall–Kier alpha value is -0.830. The zero-order valence-corrected chi connectivity index (χ0v) is 9.25. The predicted octanol–water partition coefficient (Wildman–Crippen LogP) is 1.90. The number of aliphatic hydroxyl groups is 1. The Kier molecular flexibility index (Phi) is 5.46. The average Bonchev–Trinajstić information content (AvgIpc) is 2.19. The number of hydrogen-bond acceptors (Lipinski definition) is 3. The first kappa shape index (κ1) is 13.2. The molecule has 0 bridgehead atoms. The second-order valence-corrected chi connectivity index (χ2v) is 3.26. The van der Waals surface area contributed by atoms with Crippen LogP contribution in [0.15, 0.2) is 12.7 Å². The van der Waals surface area contributed by atoms with Crippen molar-refractivity contribution in [1.29, 1.82) is 0 Å². The minimum atomic E-state index is -1.14. The molecular weight excluding hydrogens is 180 g/mol. The highest BCUT2D eigenvalue weighted by Crippen LogP contribution is 2.26. The maximum absolute atomic E-state index is 11.5. The van der Waals surface area contributed by atoms with Crippen LogP contribution in [0.1, 0.15) is 33.6 Å². The van der Waals surface area contributed by atoms with Crippen LogP contribution in [0.2, 0.25) is 0 Å². The Balaban J connectivity index is 4.68. The molecule has 0 rings (SSSR count). The fraction of sp³-hybridized carbons (Fsp3) is 0.727. The maximum atomic E-state index is 11.5. The van der Waals surface area contributed by atoms with E-state index in [0.717, 1.165) is 0 Å². The third-order valence-corrected chi connectivity index (χ3v) is 2.50. The van der Waals surface area contributed by atoms with Crippen molar-refractivity contribution < 1.29 is 14.6 Å². The molecule has 0 aromatic carbocycles. The van der Waals surface area contributed by atoms with Gasteiger partial charge >= 0.3 is 5.97 Å². The molecule has 0 aromatic heterocycles. The maximum Gasteiger partial charge on any atom is 0.312 e. The second-order valence-electron chi connectivity index (χ2n) is 3.26. The summed E-state index contributed by atoms with van der Waals surface area (Å²) in [5.41, 5.74) is -1.14. The van der Waals surface area contributed by atoms with Gasteiger partial charge in [-0.15, -0.1) is 6.58 Å². The summed E-state index contributed by atoms with van der Waals surface area (Å²) in [5, 5.41) is 10.1. The van der Waals surface area contributed by atoms with E-state index in [1.807, 2.05) is 13.8 Å². The molecule has 0 amide bonds. The first-order chi connectivity index (χ1) is 6.55. The summed E-state index contributed by atoms with van der Waals surface area (Å²) in [6, 6.07) is 0. The van der Waals surface area contributed by atoms with Crippen LogP contribution in [0.3, 0.4) is 0 Å². The van der Waals surface area contributed by atoms with E-state index in [1.165, 1.54) is 6.08 Å². The lowest BCUT2D eigenvalue weighted by molar-refractivity contribution is -0.155. The van der Waals surface area contributed by atoms with E-state index in [9.17, 15) is 9.90 Å². The van der Waals surface area contributed by atoms with Crippen LogP contribution in [0, 0.1) is 5.92 Å². The van der Waals surface area contributed by atoms with E-state index in [2.05, 4.69) is 6.58 Å². The first-order valence-corrected chi connectivity index (χ1v) is 5.08. The van der Waals surface area contributed by atoms with Crippen molar-refractivity contribution in [3.05, 3.63) is 12.7 Å². The predicted molar refractivity (Wildman–Crippen MR) is 55.9 cm³/mol. The van der Waals surface area contributed by atoms with Crippen LogP contribution in [0.25, 0.3) is 0 Å². The topological polar surface area (TPSA) is 46.5 Å². The largest absolute Gasteiger partial charge is 0.466 e. The fourth-order valence-electron chi connectivity index (χ4n) is 1.50. The molecule has 0 aliphatic carbocycles. The van der Waals surface area contributed by atoms with Crippen molar-refractivity contribution in [3.8, 4) is 0 Å². The lowest BCUT2D eigenvalue weighted by Crippen LogP contribution is -2.40. The minimum absolute atomic E-state index is 0.340. The Morgan fingerprint density at radius 2 is 2.14 bits per heavy atom. The highest BCUT2D eigenvalue weighted by molar-refractivity contribution is 5.74. The number of ether oxygens (including phenoxy) is 1. The molecule has 0 fully saturated rings. The first-order valence-electron chi connectivity index (χ1n) is 5.08. The Bertz CT molecular complexity index is 201. The highest BCUT2D eigenvalue weighted by atomic mass is 16.5. The van der Waals surface area contributed by atoms with Crippen molar-refractivity contribution in [3.63, 3.8) is 0 Å². The van der Waals surface area contributed by atoms with E-state index < -0.39 is 11.5 Å². The van der Waals surface area contributed by atoms with E-state index >= 15 is 0 Å². The zero-order valence-electron chi connectivity index (χ0n) is 9.25. The van der Waals surface area contributed by atoms with Gasteiger partial charge in [0.1, 0.15) is 0 Å². The van der Waals surface area contributed by atoms with Gasteiger partial charge in [-0.05, 0) is 19.8 Å². The van der Waals surface area contributed by atoms with E-state index in [4.69, 9.17) is 4.74 Å². The van der Waals surface area contributed by atoms with Crippen molar-refractivity contribution in [2.75, 3.05) is 6.61 Å². The summed E-state index contributed by atoms with van der Waals surface area (Å²) in [4.78, 5) is 11.5. The summed E-state index contributed by atoms with van der Waals surface area (Å²) in [6.07, 6.45) is 2.45. The monoisotopic (exact) mass is 200 g/mol. The number of carbonyl (C=O) groups excluding carboxylic acids is 1. The second kappa shape index (κ2) is 5.81. The SMILES string of the molecule is C=CC(O)(CC)C(CC)C(=O)OCC. The molecule has 2 atom stereocenters. The molecule has 0 aromatic rings. The molecule has 82 valence electrons. The number of carbonyl (C=O) groups is 1. The molecule has 0 aliphatic heterocycles. The normalized spacial score (nSPS) is 16.9. The average molecular weight is 200 g/mol. The van der Waals surface area contributed by atoms with Crippen LogP contribution < -0.4 is 0 Å². The van der Waals surface area contributed by atoms with Gasteiger partial charge in [0.05, 0.1) is 18.1 Å². The number of rotatable bonds is 6. The number of hydrogen-bond donors (Lipinski definition) is 1. The molecule has 14 heavy (non-hydrogen) atoms. The molecule has 0 saturated heterocycles. The lowest BCUT2D eigenvalue weighted by Gasteiger charge is -2.30. The molecule has 3 nitrogen and oxygen atoms in total. The van der Waals surface area contributed by atoms with Gasteiger partial charge in [-0.1, -0.05) is 19.9 Å². The zero-order chi connectivity index (χ0) is 11.2. The molecule has 0 radical (unpaired) electrons.